The molecule has 1 aromatic carbocycles. The second-order valence-electron chi connectivity index (χ2n) is 7.24. The molecule has 1 aliphatic heterocycles. The van der Waals surface area contributed by atoms with Crippen molar-refractivity contribution in [2.45, 2.75) is 38.9 Å². The van der Waals surface area contributed by atoms with Gasteiger partial charge < -0.3 is 15.0 Å². The van der Waals surface area contributed by atoms with E-state index in [0.29, 0.717) is 0 Å². The Balaban J connectivity index is 2.05. The van der Waals surface area contributed by atoms with Crippen molar-refractivity contribution in [3.8, 4) is 0 Å². The number of aromatic nitrogens is 1. The number of allylic oxidation sites excluding steroid dienone is 1. The van der Waals surface area contributed by atoms with E-state index in [1.54, 1.807) is 13.3 Å². The van der Waals surface area contributed by atoms with Crippen LogP contribution in [0.25, 0.3) is 16.3 Å². The fourth-order valence-electron chi connectivity index (χ4n) is 2.86. The van der Waals surface area contributed by atoms with Gasteiger partial charge in [-0.2, -0.15) is 0 Å². The molecular weight excluding hydrogens is 313 g/mol. The van der Waals surface area contributed by atoms with Crippen molar-refractivity contribution in [1.82, 2.24) is 4.98 Å². The number of hydrogen-bond donors (Lipinski definition) is 1. The van der Waals surface area contributed by atoms with Gasteiger partial charge >= 0.3 is 7.12 Å². The van der Waals surface area contributed by atoms with Crippen LogP contribution in [0.5, 0.6) is 0 Å². The van der Waals surface area contributed by atoms with Gasteiger partial charge in [0.05, 0.1) is 16.9 Å². The molecule has 1 aliphatic rings. The summed E-state index contributed by atoms with van der Waals surface area (Å²) in [7, 11) is 1.30. The lowest BCUT2D eigenvalue weighted by molar-refractivity contribution is 0.00578. The number of fused-ring (bicyclic) bond motifs is 1. The van der Waals surface area contributed by atoms with Crippen molar-refractivity contribution in [2.75, 3.05) is 7.05 Å². The maximum atomic E-state index is 6.19. The van der Waals surface area contributed by atoms with Crippen molar-refractivity contribution in [3.63, 3.8) is 0 Å². The number of hydrogen-bond acceptors (Lipinski definition) is 5. The second kappa shape index (κ2) is 6.28. The van der Waals surface area contributed by atoms with E-state index in [0.717, 1.165) is 27.5 Å². The molecule has 0 bridgehead atoms. The summed E-state index contributed by atoms with van der Waals surface area (Å²) in [5.74, 6) is 0. The Hall–Kier alpha value is -2.18. The Kier molecular flexibility index (Phi) is 4.43. The maximum Gasteiger partial charge on any atom is 0.495 e. The summed E-state index contributed by atoms with van der Waals surface area (Å²) in [6.07, 6.45) is 5.06. The summed E-state index contributed by atoms with van der Waals surface area (Å²) in [5, 5.41) is 2.07. The van der Waals surface area contributed by atoms with E-state index < -0.39 is 7.12 Å². The minimum absolute atomic E-state index is 0.375. The Morgan fingerprint density at radius 1 is 1.20 bits per heavy atom. The van der Waals surface area contributed by atoms with E-state index >= 15 is 0 Å². The van der Waals surface area contributed by atoms with Crippen LogP contribution >= 0.6 is 0 Å². The van der Waals surface area contributed by atoms with Gasteiger partial charge in [0.15, 0.2) is 0 Å². The van der Waals surface area contributed by atoms with Crippen LogP contribution in [0.15, 0.2) is 41.7 Å². The van der Waals surface area contributed by atoms with Crippen molar-refractivity contribution in [1.29, 1.82) is 0 Å². The van der Waals surface area contributed by atoms with Crippen LogP contribution in [-0.4, -0.2) is 36.6 Å². The number of pyridine rings is 1. The fraction of sp³-hybridized carbons (Fsp3) is 0.368. The van der Waals surface area contributed by atoms with Gasteiger partial charge in [-0.05, 0) is 50.0 Å². The van der Waals surface area contributed by atoms with Gasteiger partial charge in [-0.1, -0.05) is 18.2 Å². The third-order valence-electron chi connectivity index (χ3n) is 5.05. The zero-order valence-corrected chi connectivity index (χ0v) is 15.4. The van der Waals surface area contributed by atoms with Gasteiger partial charge in [-0.25, -0.2) is 0 Å². The summed E-state index contributed by atoms with van der Waals surface area (Å²) >= 11 is 0. The molecule has 2 N–H and O–H groups in total. The molecule has 5 nitrogen and oxygen atoms in total. The van der Waals surface area contributed by atoms with Gasteiger partial charge in [-0.15, -0.1) is 0 Å². The molecular formula is C19H24BN3O2. The highest BCUT2D eigenvalue weighted by molar-refractivity contribution is 6.65. The van der Waals surface area contributed by atoms with Crippen LogP contribution in [-0.2, 0) is 9.31 Å². The topological polar surface area (TPSA) is 69.7 Å². The number of rotatable bonds is 3. The second-order valence-corrected chi connectivity index (χ2v) is 7.24. The summed E-state index contributed by atoms with van der Waals surface area (Å²) in [4.78, 5) is 8.57. The van der Waals surface area contributed by atoms with Gasteiger partial charge in [0, 0.05) is 31.2 Å². The standard InChI is InChI=1S/C19H24BN3O2/c1-18(2)19(3,4)25-20(24-18)16-8-6-7-13-9-17(23-12-15(13)16)14(10-21)11-22-5/h6-12H,21H2,1-5H3. The van der Waals surface area contributed by atoms with Crippen LogP contribution in [0, 0.1) is 0 Å². The molecule has 2 aromatic rings. The first-order valence-corrected chi connectivity index (χ1v) is 8.38. The lowest BCUT2D eigenvalue weighted by Crippen LogP contribution is -2.41. The van der Waals surface area contributed by atoms with Crippen LogP contribution in [0.3, 0.4) is 0 Å². The van der Waals surface area contributed by atoms with Crippen molar-refractivity contribution >= 4 is 35.1 Å². The summed E-state index contributed by atoms with van der Waals surface area (Å²) in [6, 6.07) is 8.09. The highest BCUT2D eigenvalue weighted by Crippen LogP contribution is 2.37. The van der Waals surface area contributed by atoms with E-state index in [1.165, 1.54) is 6.20 Å². The predicted molar refractivity (Wildman–Crippen MR) is 104 cm³/mol. The zero-order valence-electron chi connectivity index (χ0n) is 15.4. The SMILES string of the molecule is CN=CC(=CN)c1cc2cccc(B3OC(C)(C)C(C)(C)O3)c2cn1. The van der Waals surface area contributed by atoms with Crippen molar-refractivity contribution in [2.24, 2.45) is 10.7 Å². The molecule has 6 heteroatoms. The van der Waals surface area contributed by atoms with E-state index in [2.05, 4.69) is 37.7 Å². The summed E-state index contributed by atoms with van der Waals surface area (Å²) in [6.45, 7) is 8.21. The monoisotopic (exact) mass is 337 g/mol. The number of nitrogens with zero attached hydrogens (tertiary/aromatic N) is 2. The average molecular weight is 337 g/mol. The van der Waals surface area contributed by atoms with Crippen molar-refractivity contribution < 1.29 is 9.31 Å². The minimum Gasteiger partial charge on any atom is -0.404 e. The Bertz CT molecular complexity index is 843. The highest BCUT2D eigenvalue weighted by Gasteiger charge is 2.52. The van der Waals surface area contributed by atoms with E-state index in [4.69, 9.17) is 15.0 Å². The van der Waals surface area contributed by atoms with Crippen LogP contribution in [0.2, 0.25) is 0 Å². The van der Waals surface area contributed by atoms with Crippen LogP contribution in [0.4, 0.5) is 0 Å². The molecule has 0 spiro atoms. The first-order valence-electron chi connectivity index (χ1n) is 8.38. The minimum atomic E-state index is -0.414. The molecule has 0 saturated carbocycles. The molecule has 25 heavy (non-hydrogen) atoms. The lowest BCUT2D eigenvalue weighted by atomic mass is 9.76. The molecule has 0 amide bonds. The maximum absolute atomic E-state index is 6.19. The molecule has 1 fully saturated rings. The zero-order chi connectivity index (χ0) is 18.2. The van der Waals surface area contributed by atoms with Crippen molar-refractivity contribution in [3.05, 3.63) is 42.4 Å². The molecule has 0 unspecified atom stereocenters. The van der Waals surface area contributed by atoms with Crippen LogP contribution < -0.4 is 11.2 Å². The molecule has 0 radical (unpaired) electrons. The van der Waals surface area contributed by atoms with Gasteiger partial charge in [0.1, 0.15) is 0 Å². The van der Waals surface area contributed by atoms with E-state index in [-0.39, 0.29) is 11.2 Å². The first-order chi connectivity index (χ1) is 11.8. The predicted octanol–water partition coefficient (Wildman–Crippen LogP) is 2.53. The summed E-state index contributed by atoms with van der Waals surface area (Å²) < 4.78 is 12.4. The quantitative estimate of drug-likeness (QED) is 0.690. The smallest absolute Gasteiger partial charge is 0.404 e. The lowest BCUT2D eigenvalue weighted by Gasteiger charge is -2.32. The van der Waals surface area contributed by atoms with Gasteiger partial charge in [-0.3, -0.25) is 9.98 Å². The van der Waals surface area contributed by atoms with Crippen LogP contribution in [0.1, 0.15) is 33.4 Å². The Morgan fingerprint density at radius 2 is 1.88 bits per heavy atom. The van der Waals surface area contributed by atoms with E-state index in [9.17, 15) is 0 Å². The molecule has 0 atom stereocenters. The largest absolute Gasteiger partial charge is 0.495 e. The molecule has 3 rings (SSSR count). The first kappa shape index (κ1) is 17.6. The van der Waals surface area contributed by atoms with Gasteiger partial charge in [0.25, 0.3) is 0 Å². The molecule has 2 heterocycles. The fourth-order valence-corrected chi connectivity index (χ4v) is 2.86. The third-order valence-corrected chi connectivity index (χ3v) is 5.05. The Labute approximate surface area is 149 Å². The Morgan fingerprint density at radius 3 is 2.48 bits per heavy atom. The third kappa shape index (κ3) is 3.07. The average Bonchev–Trinajstić information content (AvgIpc) is 2.79. The number of benzene rings is 1. The molecule has 0 aliphatic carbocycles. The summed E-state index contributed by atoms with van der Waals surface area (Å²) in [5.41, 5.74) is 7.49. The molecule has 1 saturated heterocycles. The highest BCUT2D eigenvalue weighted by atomic mass is 16.7. The number of aliphatic imine (C=N–C) groups is 1. The normalized spacial score (nSPS) is 19.9. The van der Waals surface area contributed by atoms with E-state index in [1.807, 2.05) is 30.5 Å². The number of nitrogens with two attached hydrogens (primary N) is 1. The molecule has 130 valence electrons. The molecule has 1 aromatic heterocycles. The van der Waals surface area contributed by atoms with Gasteiger partial charge in [0.2, 0.25) is 0 Å².